The van der Waals surface area contributed by atoms with E-state index in [-0.39, 0.29) is 17.9 Å². The van der Waals surface area contributed by atoms with E-state index in [0.717, 1.165) is 18.0 Å². The zero-order valence-electron chi connectivity index (χ0n) is 13.0. The van der Waals surface area contributed by atoms with Crippen LogP contribution in [0.25, 0.3) is 0 Å². The predicted octanol–water partition coefficient (Wildman–Crippen LogP) is 2.30. The Hall–Kier alpha value is -1.90. The number of anilines is 1. The van der Waals surface area contributed by atoms with Gasteiger partial charge in [-0.3, -0.25) is 13.6 Å². The standard InChI is InChI=1S/C16H16N4O2S2/c1-23-19-8-11(9-19)17-15(21)10-4-5-14-12(7-10)18-16(22)13-3-2-6-20(13)24-14/h2-7,11H,8-9H2,1H3,(H,17,21)(H,18,22). The molecule has 1 aromatic heterocycles. The Labute approximate surface area is 148 Å². The van der Waals surface area contributed by atoms with E-state index >= 15 is 0 Å². The molecule has 0 spiro atoms. The number of hydrogen-bond donors (Lipinski definition) is 2. The summed E-state index contributed by atoms with van der Waals surface area (Å²) in [6.07, 6.45) is 3.88. The number of nitrogens with zero attached hydrogens (tertiary/aromatic N) is 2. The van der Waals surface area contributed by atoms with E-state index in [9.17, 15) is 9.59 Å². The molecule has 0 unspecified atom stereocenters. The number of benzene rings is 1. The summed E-state index contributed by atoms with van der Waals surface area (Å²) < 4.78 is 4.01. The molecular formula is C16H16N4O2S2. The monoisotopic (exact) mass is 360 g/mol. The molecule has 2 N–H and O–H groups in total. The average molecular weight is 360 g/mol. The Balaban J connectivity index is 1.52. The van der Waals surface area contributed by atoms with Crippen LogP contribution in [-0.4, -0.2) is 45.5 Å². The summed E-state index contributed by atoms with van der Waals surface area (Å²) >= 11 is 3.14. The molecule has 6 nitrogen and oxygen atoms in total. The topological polar surface area (TPSA) is 66.4 Å². The van der Waals surface area contributed by atoms with Gasteiger partial charge >= 0.3 is 0 Å². The van der Waals surface area contributed by atoms with Crippen molar-refractivity contribution in [2.45, 2.75) is 10.9 Å². The van der Waals surface area contributed by atoms with Crippen LogP contribution < -0.4 is 10.6 Å². The van der Waals surface area contributed by atoms with Crippen molar-refractivity contribution in [3.63, 3.8) is 0 Å². The van der Waals surface area contributed by atoms with Gasteiger partial charge in [0.1, 0.15) is 5.69 Å². The minimum Gasteiger partial charge on any atom is -0.347 e. The highest BCUT2D eigenvalue weighted by Crippen LogP contribution is 2.34. The van der Waals surface area contributed by atoms with Crippen molar-refractivity contribution in [3.8, 4) is 0 Å². The van der Waals surface area contributed by atoms with Crippen molar-refractivity contribution in [1.29, 1.82) is 0 Å². The quantitative estimate of drug-likeness (QED) is 0.822. The van der Waals surface area contributed by atoms with Gasteiger partial charge in [0, 0.05) is 24.8 Å². The van der Waals surface area contributed by atoms with E-state index < -0.39 is 0 Å². The lowest BCUT2D eigenvalue weighted by Crippen LogP contribution is -2.56. The van der Waals surface area contributed by atoms with Crippen LogP contribution in [0.15, 0.2) is 41.4 Å². The van der Waals surface area contributed by atoms with Gasteiger partial charge in [-0.05, 0) is 48.5 Å². The second kappa shape index (κ2) is 6.19. The zero-order valence-corrected chi connectivity index (χ0v) is 14.6. The summed E-state index contributed by atoms with van der Waals surface area (Å²) in [6.45, 7) is 1.72. The molecule has 0 atom stereocenters. The molecule has 0 aliphatic carbocycles. The normalized spacial score (nSPS) is 17.3. The number of hydrogen-bond acceptors (Lipinski definition) is 5. The van der Waals surface area contributed by atoms with Crippen molar-refractivity contribution < 1.29 is 9.59 Å². The number of fused-ring (bicyclic) bond motifs is 2. The number of amides is 2. The third-order valence-corrected chi connectivity index (χ3v) is 5.96. The Morgan fingerprint density at radius 1 is 1.38 bits per heavy atom. The highest BCUT2D eigenvalue weighted by molar-refractivity contribution is 7.98. The second-order valence-corrected chi connectivity index (χ2v) is 7.57. The van der Waals surface area contributed by atoms with Crippen LogP contribution >= 0.6 is 23.9 Å². The third kappa shape index (κ3) is 2.81. The van der Waals surface area contributed by atoms with Crippen LogP contribution in [0.2, 0.25) is 0 Å². The van der Waals surface area contributed by atoms with E-state index in [4.69, 9.17) is 0 Å². The first-order chi connectivity index (χ1) is 11.6. The Morgan fingerprint density at radius 3 is 3.00 bits per heavy atom. The molecular weight excluding hydrogens is 344 g/mol. The molecule has 2 aliphatic heterocycles. The van der Waals surface area contributed by atoms with Crippen LogP contribution in [0.1, 0.15) is 20.8 Å². The van der Waals surface area contributed by atoms with Gasteiger partial charge in [0.15, 0.2) is 0 Å². The summed E-state index contributed by atoms with van der Waals surface area (Å²) in [5.41, 5.74) is 1.82. The van der Waals surface area contributed by atoms with Gasteiger partial charge in [-0.15, -0.1) is 0 Å². The van der Waals surface area contributed by atoms with E-state index in [1.165, 1.54) is 11.9 Å². The third-order valence-electron chi connectivity index (χ3n) is 4.07. The molecule has 2 amide bonds. The van der Waals surface area contributed by atoms with E-state index in [1.807, 2.05) is 28.6 Å². The number of carbonyl (C=O) groups is 2. The lowest BCUT2D eigenvalue weighted by Gasteiger charge is -2.37. The van der Waals surface area contributed by atoms with Crippen LogP contribution in [0, 0.1) is 0 Å². The van der Waals surface area contributed by atoms with Crippen molar-refractivity contribution >= 4 is 41.4 Å². The maximum absolute atomic E-state index is 12.4. The van der Waals surface area contributed by atoms with Gasteiger partial charge in [0.2, 0.25) is 0 Å². The summed E-state index contributed by atoms with van der Waals surface area (Å²) in [7, 11) is 0. The van der Waals surface area contributed by atoms with E-state index in [0.29, 0.717) is 16.9 Å². The van der Waals surface area contributed by atoms with Gasteiger partial charge in [0.05, 0.1) is 16.6 Å². The average Bonchev–Trinajstić information content (AvgIpc) is 2.95. The molecule has 4 rings (SSSR count). The minimum absolute atomic E-state index is 0.105. The molecule has 1 aromatic carbocycles. The molecule has 3 heterocycles. The molecule has 1 fully saturated rings. The van der Waals surface area contributed by atoms with Crippen LogP contribution in [0.3, 0.4) is 0 Å². The Bertz CT molecular complexity index is 814. The molecule has 8 heteroatoms. The molecule has 0 bridgehead atoms. The van der Waals surface area contributed by atoms with Gasteiger partial charge in [-0.25, -0.2) is 4.31 Å². The van der Waals surface area contributed by atoms with Gasteiger partial charge in [-0.2, -0.15) is 0 Å². The zero-order chi connectivity index (χ0) is 16.7. The van der Waals surface area contributed by atoms with Crippen molar-refractivity contribution in [2.75, 3.05) is 24.7 Å². The van der Waals surface area contributed by atoms with Gasteiger partial charge in [-0.1, -0.05) is 11.9 Å². The summed E-state index contributed by atoms with van der Waals surface area (Å²) in [4.78, 5) is 25.6. The number of aromatic nitrogens is 1. The maximum Gasteiger partial charge on any atom is 0.273 e. The summed E-state index contributed by atoms with van der Waals surface area (Å²) in [6, 6.07) is 9.22. The fourth-order valence-corrected chi connectivity index (χ4v) is 4.29. The minimum atomic E-state index is -0.168. The lowest BCUT2D eigenvalue weighted by atomic mass is 10.1. The maximum atomic E-state index is 12.4. The summed E-state index contributed by atoms with van der Waals surface area (Å²) in [5.74, 6) is -0.273. The number of nitrogens with one attached hydrogen (secondary N) is 2. The first kappa shape index (κ1) is 15.6. The fraction of sp³-hybridized carbons (Fsp3) is 0.250. The Kier molecular flexibility index (Phi) is 4.03. The predicted molar refractivity (Wildman–Crippen MR) is 96.4 cm³/mol. The van der Waals surface area contributed by atoms with Crippen molar-refractivity contribution in [1.82, 2.24) is 13.6 Å². The molecule has 0 saturated carbocycles. The lowest BCUT2D eigenvalue weighted by molar-refractivity contribution is 0.0900. The smallest absolute Gasteiger partial charge is 0.273 e. The summed E-state index contributed by atoms with van der Waals surface area (Å²) in [5, 5.41) is 5.91. The van der Waals surface area contributed by atoms with Crippen molar-refractivity contribution in [2.24, 2.45) is 0 Å². The molecule has 124 valence electrons. The van der Waals surface area contributed by atoms with Gasteiger partial charge < -0.3 is 10.6 Å². The second-order valence-electron chi connectivity index (χ2n) is 5.68. The SMILES string of the molecule is CSN1CC(NC(=O)c2ccc3c(c2)NC(=O)c2cccn2S3)C1. The largest absolute Gasteiger partial charge is 0.347 e. The van der Waals surface area contributed by atoms with Crippen LogP contribution in [-0.2, 0) is 0 Å². The first-order valence-corrected chi connectivity index (χ1v) is 9.50. The molecule has 1 saturated heterocycles. The van der Waals surface area contributed by atoms with Crippen LogP contribution in [0.4, 0.5) is 5.69 Å². The fourth-order valence-electron chi connectivity index (χ4n) is 2.71. The van der Waals surface area contributed by atoms with Crippen LogP contribution in [0.5, 0.6) is 0 Å². The first-order valence-electron chi connectivity index (χ1n) is 7.55. The molecule has 2 aliphatic rings. The number of carbonyl (C=O) groups excluding carboxylic acids is 2. The molecule has 0 radical (unpaired) electrons. The highest BCUT2D eigenvalue weighted by Gasteiger charge is 2.28. The number of rotatable bonds is 3. The molecule has 24 heavy (non-hydrogen) atoms. The molecule has 2 aromatic rings. The van der Waals surface area contributed by atoms with Crippen molar-refractivity contribution in [3.05, 3.63) is 47.8 Å². The van der Waals surface area contributed by atoms with Gasteiger partial charge in [0.25, 0.3) is 11.8 Å². The Morgan fingerprint density at radius 2 is 2.21 bits per heavy atom. The van der Waals surface area contributed by atoms with E-state index in [1.54, 1.807) is 30.1 Å². The highest BCUT2D eigenvalue weighted by atomic mass is 32.2. The van der Waals surface area contributed by atoms with E-state index in [2.05, 4.69) is 14.9 Å².